The highest BCUT2D eigenvalue weighted by atomic mass is 28.4. The Bertz CT molecular complexity index is 1640. The summed E-state index contributed by atoms with van der Waals surface area (Å²) in [7, 11) is 1.61. The Hall–Kier alpha value is -5.30. The van der Waals surface area contributed by atoms with Crippen LogP contribution in [0, 0.1) is 0 Å². The van der Waals surface area contributed by atoms with Crippen molar-refractivity contribution in [2.45, 2.75) is 65.8 Å². The van der Waals surface area contributed by atoms with E-state index in [9.17, 15) is 38.4 Å². The van der Waals surface area contributed by atoms with Crippen molar-refractivity contribution in [3.8, 4) is 0 Å². The molecule has 0 unspecified atom stereocenters. The molecule has 392 valence electrons. The first-order chi connectivity index (χ1) is 32.7. The molecule has 0 heterocycles. The quantitative estimate of drug-likeness (QED) is 0.0280. The number of carbonyl (C=O) groups is 8. The van der Waals surface area contributed by atoms with E-state index in [1.165, 1.54) is 49.0 Å². The Morgan fingerprint density at radius 1 is 0.348 bits per heavy atom. The summed E-state index contributed by atoms with van der Waals surface area (Å²) < 4.78 is 57.8. The molecule has 0 aromatic rings. The van der Waals surface area contributed by atoms with Gasteiger partial charge in [-0.15, -0.1) is 0 Å². The Morgan fingerprint density at radius 3 is 0.797 bits per heavy atom. The fourth-order valence-electron chi connectivity index (χ4n) is 5.59. The molecule has 0 rings (SSSR count). The Balaban J connectivity index is 6.19. The van der Waals surface area contributed by atoms with Gasteiger partial charge < -0.3 is 65.9 Å². The molecule has 69 heavy (non-hydrogen) atoms. The van der Waals surface area contributed by atoms with Crippen LogP contribution in [0.5, 0.6) is 0 Å². The normalized spacial score (nSPS) is 11.1. The van der Waals surface area contributed by atoms with Crippen LogP contribution in [0.25, 0.3) is 0 Å². The van der Waals surface area contributed by atoms with Crippen LogP contribution in [0.1, 0.15) is 59.8 Å². The third-order valence-corrected chi connectivity index (χ3v) is 12.4. The van der Waals surface area contributed by atoms with E-state index in [0.717, 1.165) is 0 Å². The molecule has 22 nitrogen and oxygen atoms in total. The Labute approximate surface area is 407 Å². The first-order valence-electron chi connectivity index (χ1n) is 22.4. The maximum Gasteiger partial charge on any atom is 0.500 e. The topological polar surface area (TPSA) is 248 Å². The lowest BCUT2D eigenvalue weighted by Crippen LogP contribution is -2.44. The van der Waals surface area contributed by atoms with Crippen LogP contribution in [0.2, 0.25) is 6.04 Å². The van der Waals surface area contributed by atoms with E-state index in [0.29, 0.717) is 45.2 Å². The lowest BCUT2D eigenvalue weighted by Gasteiger charge is -2.30. The third kappa shape index (κ3) is 32.2. The molecule has 0 N–H and O–H groups in total. The molecule has 0 aliphatic carbocycles. The van der Waals surface area contributed by atoms with Gasteiger partial charge in [-0.05, 0) is 40.7 Å². The zero-order valence-corrected chi connectivity index (χ0v) is 42.7. The van der Waals surface area contributed by atoms with Crippen LogP contribution in [0.4, 0.5) is 0 Å². The molecule has 0 bridgehead atoms. The molecular weight excluding hydrogens is 927 g/mol. The molecule has 0 aliphatic heterocycles. The highest BCUT2D eigenvalue weighted by molar-refractivity contribution is 6.60. The minimum Gasteiger partial charge on any atom is -0.462 e. The minimum atomic E-state index is -2.94. The lowest BCUT2D eigenvalue weighted by molar-refractivity contribution is -0.151. The second-order valence-electron chi connectivity index (χ2n) is 15.5. The zero-order valence-electron chi connectivity index (χ0n) is 41.7. The minimum absolute atomic E-state index is 0.00471. The Morgan fingerprint density at radius 2 is 0.565 bits per heavy atom. The maximum absolute atomic E-state index is 12.9. The van der Waals surface area contributed by atoms with E-state index in [1.54, 1.807) is 0 Å². The number of nitrogens with zero attached hydrogens (tertiary/aromatic N) is 3. The number of hydrogen-bond donors (Lipinski definition) is 0. The molecule has 0 radical (unpaired) electrons. The van der Waals surface area contributed by atoms with Crippen molar-refractivity contribution in [1.82, 2.24) is 14.7 Å². The van der Waals surface area contributed by atoms with Gasteiger partial charge in [-0.1, -0.05) is 26.3 Å². The van der Waals surface area contributed by atoms with Gasteiger partial charge in [0.25, 0.3) is 0 Å². The first kappa shape index (κ1) is 63.7. The number of carbonyl (C=O) groups excluding carboxylic acids is 8. The summed E-state index contributed by atoms with van der Waals surface area (Å²) in [6, 6.07) is 0.474. The molecule has 0 aromatic carbocycles. The van der Waals surface area contributed by atoms with Gasteiger partial charge in [0.1, 0.15) is 52.9 Å². The highest BCUT2D eigenvalue weighted by Gasteiger charge is 2.37. The van der Waals surface area contributed by atoms with Crippen LogP contribution < -0.4 is 0 Å². The molecule has 0 atom stereocenters. The summed E-state index contributed by atoms with van der Waals surface area (Å²) in [5, 5.41) is 0. The zero-order chi connectivity index (χ0) is 52.2. The van der Waals surface area contributed by atoms with Crippen LogP contribution in [0.3, 0.4) is 0 Å². The van der Waals surface area contributed by atoms with Crippen LogP contribution in [0.15, 0.2) is 48.6 Å². The molecule has 0 aromatic heterocycles. The van der Waals surface area contributed by atoms with Crippen LogP contribution in [-0.4, -0.2) is 204 Å². The summed E-state index contributed by atoms with van der Waals surface area (Å²) >= 11 is 0. The molecule has 0 amide bonds. The van der Waals surface area contributed by atoms with E-state index in [2.05, 4.69) is 26.3 Å². The molecule has 0 saturated carbocycles. The second-order valence-corrected chi connectivity index (χ2v) is 18.6. The standard InChI is InChI=1S/C46H75N3O19Si/c1-35(2)43(54)65-30-26-61-39(50)13-18-47(17-12-34-69(58-9,59-10)60-11)22-24-49(21-16-42(53)64-29-33-68-46(57)38(7)8)25-23-48(19-14-40(51)62-27-31-66-44(55)36(3)4)20-15-41(52)63-28-32-67-45(56)37(5)6/h1,3,5,7,12-34H2,2,4,6,8-11H3. The van der Waals surface area contributed by atoms with Gasteiger partial charge in [0.15, 0.2) is 0 Å². The van der Waals surface area contributed by atoms with Crippen molar-refractivity contribution in [1.29, 1.82) is 0 Å². The fourth-order valence-corrected chi connectivity index (χ4v) is 7.29. The van der Waals surface area contributed by atoms with Crippen molar-refractivity contribution < 1.29 is 89.5 Å². The number of esters is 8. The molecule has 23 heteroatoms. The fraction of sp³-hybridized carbons (Fsp3) is 0.652. The van der Waals surface area contributed by atoms with Crippen LogP contribution in [-0.2, 0) is 89.5 Å². The smallest absolute Gasteiger partial charge is 0.462 e. The summed E-state index contributed by atoms with van der Waals surface area (Å²) in [6.07, 6.45) is 0.355. The average Bonchev–Trinajstić information content (AvgIpc) is 3.31. The molecule has 0 fully saturated rings. The number of ether oxygens (including phenoxy) is 8. The number of rotatable bonds is 41. The van der Waals surface area contributed by atoms with Gasteiger partial charge in [0.2, 0.25) is 0 Å². The molecule has 0 aliphatic rings. The summed E-state index contributed by atoms with van der Waals surface area (Å²) in [5.74, 6) is -4.66. The SMILES string of the molecule is C=C(C)C(=O)OCCOC(=O)CCN(CCC[Si](OC)(OC)OC)CCN(CCC(=O)OCCOC(=O)C(=C)C)CCN(CCC(=O)OCCOC(=O)C(=C)C)CCC(=O)OCCOC(=O)C(=C)C. The summed E-state index contributed by atoms with van der Waals surface area (Å²) in [5.41, 5.74) is 0.816. The van der Waals surface area contributed by atoms with Crippen molar-refractivity contribution in [3.05, 3.63) is 48.6 Å². The van der Waals surface area contributed by atoms with Crippen molar-refractivity contribution in [3.63, 3.8) is 0 Å². The van der Waals surface area contributed by atoms with E-state index in [1.807, 2.05) is 14.7 Å². The molecule has 0 spiro atoms. The van der Waals surface area contributed by atoms with E-state index < -0.39 is 56.6 Å². The van der Waals surface area contributed by atoms with Crippen molar-refractivity contribution in [2.75, 3.05) is 133 Å². The van der Waals surface area contributed by atoms with E-state index >= 15 is 0 Å². The van der Waals surface area contributed by atoms with Gasteiger partial charge in [-0.3, -0.25) is 19.2 Å². The van der Waals surface area contributed by atoms with Crippen LogP contribution >= 0.6 is 0 Å². The van der Waals surface area contributed by atoms with Gasteiger partial charge in [-0.25, -0.2) is 19.2 Å². The van der Waals surface area contributed by atoms with Gasteiger partial charge >= 0.3 is 56.6 Å². The summed E-state index contributed by atoms with van der Waals surface area (Å²) in [6.45, 7) is 21.5. The van der Waals surface area contributed by atoms with Crippen molar-refractivity contribution in [2.24, 2.45) is 0 Å². The predicted octanol–water partition coefficient (Wildman–Crippen LogP) is 2.37. The van der Waals surface area contributed by atoms with Crippen molar-refractivity contribution >= 4 is 56.6 Å². The maximum atomic E-state index is 12.9. The van der Waals surface area contributed by atoms with E-state index in [-0.39, 0.29) is 127 Å². The third-order valence-electron chi connectivity index (χ3n) is 9.60. The molecular formula is C46H75N3O19Si. The van der Waals surface area contributed by atoms with Gasteiger partial charge in [-0.2, -0.15) is 0 Å². The Kier molecular flexibility index (Phi) is 34.7. The van der Waals surface area contributed by atoms with Gasteiger partial charge in [0.05, 0.1) is 25.7 Å². The highest BCUT2D eigenvalue weighted by Crippen LogP contribution is 2.16. The summed E-state index contributed by atoms with van der Waals surface area (Å²) in [4.78, 5) is 104. The monoisotopic (exact) mass is 1000 g/mol. The molecule has 0 saturated heterocycles. The first-order valence-corrected chi connectivity index (χ1v) is 24.4. The van der Waals surface area contributed by atoms with Gasteiger partial charge in [0, 0.05) is 102 Å². The second kappa shape index (κ2) is 37.6. The largest absolute Gasteiger partial charge is 0.500 e. The predicted molar refractivity (Wildman–Crippen MR) is 251 cm³/mol. The average molecular weight is 1000 g/mol. The number of hydrogen-bond acceptors (Lipinski definition) is 22. The van der Waals surface area contributed by atoms with E-state index in [4.69, 9.17) is 51.2 Å². The lowest BCUT2D eigenvalue weighted by atomic mass is 10.3.